The van der Waals surface area contributed by atoms with Crippen LogP contribution < -0.4 is 0 Å². The fourth-order valence-corrected chi connectivity index (χ4v) is 1.19. The minimum atomic E-state index is -0.454. The molecule has 1 atom stereocenters. The van der Waals surface area contributed by atoms with E-state index in [2.05, 4.69) is 20.1 Å². The van der Waals surface area contributed by atoms with E-state index < -0.39 is 6.10 Å². The molecule has 0 spiro atoms. The van der Waals surface area contributed by atoms with Crippen molar-refractivity contribution in [3.8, 4) is 11.6 Å². The van der Waals surface area contributed by atoms with Gasteiger partial charge in [-0.1, -0.05) is 12.1 Å². The quantitative estimate of drug-likeness (QED) is 0.821. The maximum atomic E-state index is 9.43. The van der Waals surface area contributed by atoms with E-state index in [9.17, 15) is 5.11 Å². The number of hydrogen-bond acceptors (Lipinski definition) is 6. The molecule has 2 aromatic rings. The molecule has 2 rings (SSSR count). The SMILES string of the molecule is CCC(O)Cc1nc(-c2ncccn2)no1. The zero-order chi connectivity index (χ0) is 11.4. The van der Waals surface area contributed by atoms with Crippen LogP contribution in [0, 0.1) is 0 Å². The second kappa shape index (κ2) is 4.80. The van der Waals surface area contributed by atoms with E-state index in [1.54, 1.807) is 18.5 Å². The van der Waals surface area contributed by atoms with Crippen LogP contribution in [0.15, 0.2) is 23.0 Å². The van der Waals surface area contributed by atoms with Crippen LogP contribution in [-0.2, 0) is 6.42 Å². The fraction of sp³-hybridized carbons (Fsp3) is 0.400. The first-order valence-electron chi connectivity index (χ1n) is 5.07. The van der Waals surface area contributed by atoms with Gasteiger partial charge in [-0.05, 0) is 12.5 Å². The van der Waals surface area contributed by atoms with Crippen molar-refractivity contribution in [3.63, 3.8) is 0 Å². The Morgan fingerprint density at radius 3 is 2.75 bits per heavy atom. The van der Waals surface area contributed by atoms with E-state index in [1.165, 1.54) is 0 Å². The highest BCUT2D eigenvalue weighted by atomic mass is 16.5. The Morgan fingerprint density at radius 2 is 2.06 bits per heavy atom. The van der Waals surface area contributed by atoms with Gasteiger partial charge in [-0.25, -0.2) is 9.97 Å². The summed E-state index contributed by atoms with van der Waals surface area (Å²) in [5, 5.41) is 13.2. The van der Waals surface area contributed by atoms with Crippen LogP contribution in [0.5, 0.6) is 0 Å². The van der Waals surface area contributed by atoms with Crippen molar-refractivity contribution in [1.29, 1.82) is 0 Å². The molecule has 0 saturated carbocycles. The lowest BCUT2D eigenvalue weighted by Crippen LogP contribution is -2.08. The molecule has 0 aliphatic rings. The number of aliphatic hydroxyl groups excluding tert-OH is 1. The molecule has 0 bridgehead atoms. The lowest BCUT2D eigenvalue weighted by atomic mass is 10.2. The molecule has 1 N–H and O–H groups in total. The zero-order valence-corrected chi connectivity index (χ0v) is 8.87. The number of hydrogen-bond donors (Lipinski definition) is 1. The summed E-state index contributed by atoms with van der Waals surface area (Å²) in [4.78, 5) is 12.1. The standard InChI is InChI=1S/C10H12N4O2/c1-2-7(15)6-8-13-10(14-16-8)9-11-4-3-5-12-9/h3-5,7,15H,2,6H2,1H3. The van der Waals surface area contributed by atoms with Gasteiger partial charge in [-0.3, -0.25) is 0 Å². The number of rotatable bonds is 4. The van der Waals surface area contributed by atoms with E-state index in [1.807, 2.05) is 6.92 Å². The largest absolute Gasteiger partial charge is 0.393 e. The third-order valence-electron chi connectivity index (χ3n) is 2.12. The van der Waals surface area contributed by atoms with Crippen LogP contribution in [0.1, 0.15) is 19.2 Å². The summed E-state index contributed by atoms with van der Waals surface area (Å²) in [6.07, 6.45) is 3.78. The summed E-state index contributed by atoms with van der Waals surface area (Å²) in [5.74, 6) is 1.17. The molecular formula is C10H12N4O2. The molecule has 6 heteroatoms. The van der Waals surface area contributed by atoms with Crippen LogP contribution in [0.2, 0.25) is 0 Å². The molecule has 1 unspecified atom stereocenters. The zero-order valence-electron chi connectivity index (χ0n) is 8.87. The minimum Gasteiger partial charge on any atom is -0.393 e. The topological polar surface area (TPSA) is 84.9 Å². The van der Waals surface area contributed by atoms with Gasteiger partial charge in [0, 0.05) is 12.4 Å². The molecular weight excluding hydrogens is 208 g/mol. The van der Waals surface area contributed by atoms with Gasteiger partial charge in [0.2, 0.25) is 17.5 Å². The summed E-state index contributed by atoms with van der Waals surface area (Å²) in [5.41, 5.74) is 0. The molecule has 0 amide bonds. The van der Waals surface area contributed by atoms with Crippen molar-refractivity contribution in [1.82, 2.24) is 20.1 Å². The smallest absolute Gasteiger partial charge is 0.240 e. The summed E-state index contributed by atoms with van der Waals surface area (Å²) < 4.78 is 4.99. The molecule has 0 aliphatic carbocycles. The van der Waals surface area contributed by atoms with Crippen LogP contribution in [-0.4, -0.2) is 31.3 Å². The van der Waals surface area contributed by atoms with Crippen LogP contribution in [0.4, 0.5) is 0 Å². The molecule has 0 saturated heterocycles. The van der Waals surface area contributed by atoms with Gasteiger partial charge in [-0.2, -0.15) is 4.98 Å². The third-order valence-corrected chi connectivity index (χ3v) is 2.12. The molecule has 2 aromatic heterocycles. The molecule has 0 aliphatic heterocycles. The lowest BCUT2D eigenvalue weighted by molar-refractivity contribution is 0.158. The first-order chi connectivity index (χ1) is 7.79. The van der Waals surface area contributed by atoms with Gasteiger partial charge in [0.15, 0.2) is 0 Å². The monoisotopic (exact) mass is 220 g/mol. The van der Waals surface area contributed by atoms with Crippen molar-refractivity contribution in [2.45, 2.75) is 25.9 Å². The highest BCUT2D eigenvalue weighted by Crippen LogP contribution is 2.10. The van der Waals surface area contributed by atoms with E-state index in [-0.39, 0.29) is 0 Å². The average molecular weight is 220 g/mol. The highest BCUT2D eigenvalue weighted by molar-refractivity contribution is 5.40. The Labute approximate surface area is 92.4 Å². The summed E-state index contributed by atoms with van der Waals surface area (Å²) >= 11 is 0. The number of aliphatic hydroxyl groups is 1. The summed E-state index contributed by atoms with van der Waals surface area (Å²) in [6.45, 7) is 1.89. The Morgan fingerprint density at radius 1 is 1.31 bits per heavy atom. The highest BCUT2D eigenvalue weighted by Gasteiger charge is 2.13. The number of nitrogens with zero attached hydrogens (tertiary/aromatic N) is 4. The molecule has 0 radical (unpaired) electrons. The Balaban J connectivity index is 2.14. The first kappa shape index (κ1) is 10.7. The van der Waals surface area contributed by atoms with Gasteiger partial charge >= 0.3 is 0 Å². The van der Waals surface area contributed by atoms with Gasteiger partial charge in [0.05, 0.1) is 12.5 Å². The molecule has 6 nitrogen and oxygen atoms in total. The van der Waals surface area contributed by atoms with Crippen molar-refractivity contribution >= 4 is 0 Å². The van der Waals surface area contributed by atoms with Crippen molar-refractivity contribution in [3.05, 3.63) is 24.4 Å². The maximum Gasteiger partial charge on any atom is 0.240 e. The molecule has 0 aromatic carbocycles. The predicted molar refractivity (Wildman–Crippen MR) is 55.3 cm³/mol. The van der Waals surface area contributed by atoms with Crippen LogP contribution >= 0.6 is 0 Å². The van der Waals surface area contributed by atoms with E-state index in [0.717, 1.165) is 0 Å². The first-order valence-corrected chi connectivity index (χ1v) is 5.07. The van der Waals surface area contributed by atoms with Crippen molar-refractivity contribution in [2.75, 3.05) is 0 Å². The second-order valence-corrected chi connectivity index (χ2v) is 3.35. The van der Waals surface area contributed by atoms with Gasteiger partial charge in [0.1, 0.15) is 0 Å². The Hall–Kier alpha value is -1.82. The van der Waals surface area contributed by atoms with Crippen molar-refractivity contribution in [2.24, 2.45) is 0 Å². The Kier molecular flexibility index (Phi) is 3.21. The fourth-order valence-electron chi connectivity index (χ4n) is 1.19. The van der Waals surface area contributed by atoms with Gasteiger partial charge in [0.25, 0.3) is 0 Å². The van der Waals surface area contributed by atoms with Gasteiger partial charge in [-0.15, -0.1) is 0 Å². The lowest BCUT2D eigenvalue weighted by Gasteiger charge is -2.01. The molecule has 0 fully saturated rings. The van der Waals surface area contributed by atoms with Crippen molar-refractivity contribution < 1.29 is 9.63 Å². The third kappa shape index (κ3) is 2.40. The molecule has 2 heterocycles. The molecule has 84 valence electrons. The predicted octanol–water partition coefficient (Wildman–Crippen LogP) is 0.840. The molecule has 16 heavy (non-hydrogen) atoms. The summed E-state index contributed by atoms with van der Waals surface area (Å²) in [7, 11) is 0. The number of aromatic nitrogens is 4. The van der Waals surface area contributed by atoms with E-state index in [4.69, 9.17) is 4.52 Å². The van der Waals surface area contributed by atoms with Crippen LogP contribution in [0.25, 0.3) is 11.6 Å². The maximum absolute atomic E-state index is 9.43. The van der Waals surface area contributed by atoms with Crippen LogP contribution in [0.3, 0.4) is 0 Å². The normalized spacial score (nSPS) is 12.6. The van der Waals surface area contributed by atoms with Gasteiger partial charge < -0.3 is 9.63 Å². The minimum absolute atomic E-state index is 0.346. The van der Waals surface area contributed by atoms with E-state index >= 15 is 0 Å². The van der Waals surface area contributed by atoms with E-state index in [0.29, 0.717) is 30.4 Å². The summed E-state index contributed by atoms with van der Waals surface area (Å²) in [6, 6.07) is 1.71. The Bertz CT molecular complexity index is 443. The second-order valence-electron chi connectivity index (χ2n) is 3.35. The average Bonchev–Trinajstić information content (AvgIpc) is 2.78.